The maximum atomic E-state index is 13.4. The molecule has 202 valence electrons. The number of hydrogen-bond donors (Lipinski definition) is 2. The minimum absolute atomic E-state index is 0.0569. The van der Waals surface area contributed by atoms with Gasteiger partial charge in [-0.2, -0.15) is 18.3 Å². The first-order valence-electron chi connectivity index (χ1n) is 11.9. The number of sulfonamides is 1. The van der Waals surface area contributed by atoms with Gasteiger partial charge in [-0.05, 0) is 72.4 Å². The lowest BCUT2D eigenvalue weighted by atomic mass is 9.80. The summed E-state index contributed by atoms with van der Waals surface area (Å²) in [5, 5.41) is 17.5. The molecule has 6 nitrogen and oxygen atoms in total. The molecule has 0 radical (unpaired) electrons. The number of hydrogen-bond acceptors (Lipinski definition) is 4. The summed E-state index contributed by atoms with van der Waals surface area (Å²) in [6.07, 6.45) is -5.01. The Kier molecular flexibility index (Phi) is 6.69. The Morgan fingerprint density at radius 3 is 2.28 bits per heavy atom. The van der Waals surface area contributed by atoms with E-state index in [0.29, 0.717) is 22.0 Å². The highest BCUT2D eigenvalue weighted by Gasteiger charge is 2.39. The van der Waals surface area contributed by atoms with Crippen LogP contribution >= 0.6 is 0 Å². The van der Waals surface area contributed by atoms with Crippen molar-refractivity contribution in [3.05, 3.63) is 102 Å². The van der Waals surface area contributed by atoms with Gasteiger partial charge in [0.2, 0.25) is 10.0 Å². The van der Waals surface area contributed by atoms with E-state index in [1.165, 1.54) is 43.6 Å². The molecule has 1 atom stereocenters. The number of fused-ring (bicyclic) bond motifs is 2. The van der Waals surface area contributed by atoms with Crippen LogP contribution in [0, 0.1) is 5.82 Å². The second-order valence-electron chi connectivity index (χ2n) is 9.15. The molecule has 11 heteroatoms. The summed E-state index contributed by atoms with van der Waals surface area (Å²) in [6, 6.07) is 19.4. The lowest BCUT2D eigenvalue weighted by Crippen LogP contribution is -2.30. The molecule has 1 unspecified atom stereocenters. The number of aliphatic hydroxyl groups is 1. The number of benzene rings is 4. The maximum Gasteiger partial charge on any atom is 0.389 e. The van der Waals surface area contributed by atoms with Gasteiger partial charge in [-0.3, -0.25) is 0 Å². The van der Waals surface area contributed by atoms with Gasteiger partial charge in [0, 0.05) is 17.2 Å². The van der Waals surface area contributed by atoms with E-state index in [0.717, 1.165) is 0 Å². The fraction of sp³-hybridized carbons (Fsp3) is 0.179. The summed E-state index contributed by atoms with van der Waals surface area (Å²) in [6.45, 7) is 0. The normalized spacial score (nSPS) is 14.1. The summed E-state index contributed by atoms with van der Waals surface area (Å²) < 4.78 is 82.8. The molecule has 39 heavy (non-hydrogen) atoms. The summed E-state index contributed by atoms with van der Waals surface area (Å²) in [7, 11) is -2.63. The molecule has 0 spiro atoms. The molecule has 0 saturated carbocycles. The Bertz CT molecular complexity index is 1780. The van der Waals surface area contributed by atoms with Gasteiger partial charge in [-0.15, -0.1) is 0 Å². The highest BCUT2D eigenvalue weighted by molar-refractivity contribution is 7.89. The van der Waals surface area contributed by atoms with Crippen LogP contribution in [0.15, 0.2) is 90.0 Å². The molecule has 2 N–H and O–H groups in total. The van der Waals surface area contributed by atoms with E-state index in [9.17, 15) is 31.1 Å². The van der Waals surface area contributed by atoms with E-state index in [2.05, 4.69) is 9.82 Å². The molecular formula is C28H23F4N3O3S. The summed E-state index contributed by atoms with van der Waals surface area (Å²) >= 11 is 0. The van der Waals surface area contributed by atoms with Gasteiger partial charge in [-0.1, -0.05) is 36.4 Å². The first-order valence-corrected chi connectivity index (χ1v) is 13.4. The van der Waals surface area contributed by atoms with Crippen LogP contribution in [0.4, 0.5) is 17.6 Å². The van der Waals surface area contributed by atoms with Crippen molar-refractivity contribution in [3.8, 4) is 5.69 Å². The van der Waals surface area contributed by atoms with Crippen LogP contribution in [-0.4, -0.2) is 36.5 Å². The standard InChI is InChI=1S/C28H23F4N3O3S/c1-33-39(37,38)26-13-11-24(22-4-2-3-5-23(22)26)27(36,14-15-28(30,31)32)19-6-12-25-18(16-19)17-34-35(25)21-9-7-20(29)8-10-21/h2-13,16-17,33,36H,14-15H2,1H3. The molecule has 0 saturated heterocycles. The zero-order chi connectivity index (χ0) is 28.0. The number of nitrogens with one attached hydrogen (secondary N) is 1. The van der Waals surface area contributed by atoms with Crippen molar-refractivity contribution in [2.24, 2.45) is 0 Å². The van der Waals surface area contributed by atoms with Gasteiger partial charge in [0.25, 0.3) is 0 Å². The first kappa shape index (κ1) is 26.8. The van der Waals surface area contributed by atoms with Gasteiger partial charge in [0.15, 0.2) is 0 Å². The Balaban J connectivity index is 1.70. The number of nitrogens with zero attached hydrogens (tertiary/aromatic N) is 2. The van der Waals surface area contributed by atoms with Crippen molar-refractivity contribution in [3.63, 3.8) is 0 Å². The van der Waals surface area contributed by atoms with Crippen LogP contribution < -0.4 is 4.72 Å². The Morgan fingerprint density at radius 2 is 1.62 bits per heavy atom. The molecule has 0 amide bonds. The van der Waals surface area contributed by atoms with Crippen LogP contribution in [0.1, 0.15) is 24.0 Å². The minimum Gasteiger partial charge on any atom is -0.380 e. The average Bonchev–Trinajstić information content (AvgIpc) is 3.34. The minimum atomic E-state index is -4.54. The zero-order valence-corrected chi connectivity index (χ0v) is 21.4. The largest absolute Gasteiger partial charge is 0.389 e. The van der Waals surface area contributed by atoms with Crippen molar-refractivity contribution in [2.45, 2.75) is 29.5 Å². The molecule has 0 fully saturated rings. The van der Waals surface area contributed by atoms with E-state index in [1.807, 2.05) is 0 Å². The number of rotatable bonds is 7. The molecule has 0 bridgehead atoms. The van der Waals surface area contributed by atoms with Crippen LogP contribution in [0.3, 0.4) is 0 Å². The topological polar surface area (TPSA) is 84.2 Å². The Hall–Kier alpha value is -3.80. The SMILES string of the molecule is CNS(=O)(=O)c1ccc(C(O)(CCC(F)(F)F)c2ccc3c(cnn3-c3ccc(F)cc3)c2)c2ccccc12. The first-order chi connectivity index (χ1) is 18.4. The van der Waals surface area contributed by atoms with Crippen molar-refractivity contribution in [1.29, 1.82) is 0 Å². The van der Waals surface area contributed by atoms with E-state index in [4.69, 9.17) is 0 Å². The molecule has 5 aromatic rings. The summed E-state index contributed by atoms with van der Waals surface area (Å²) in [5.41, 5.74) is -0.610. The number of alkyl halides is 3. The van der Waals surface area contributed by atoms with Gasteiger partial charge in [0.1, 0.15) is 11.4 Å². The molecule has 0 aliphatic heterocycles. The second kappa shape index (κ2) is 9.74. The lowest BCUT2D eigenvalue weighted by molar-refractivity contribution is -0.144. The van der Waals surface area contributed by atoms with Gasteiger partial charge < -0.3 is 5.11 Å². The molecule has 0 aliphatic carbocycles. The van der Waals surface area contributed by atoms with Crippen LogP contribution in [0.25, 0.3) is 27.4 Å². The smallest absolute Gasteiger partial charge is 0.380 e. The monoisotopic (exact) mass is 557 g/mol. The third-order valence-corrected chi connectivity index (χ3v) is 8.25. The quantitative estimate of drug-likeness (QED) is 0.248. The summed E-state index contributed by atoms with van der Waals surface area (Å²) in [5.74, 6) is -0.409. The third kappa shape index (κ3) is 5.00. The predicted octanol–water partition coefficient (Wildman–Crippen LogP) is 5.80. The van der Waals surface area contributed by atoms with Gasteiger partial charge >= 0.3 is 6.18 Å². The van der Waals surface area contributed by atoms with E-state index < -0.39 is 40.5 Å². The van der Waals surface area contributed by atoms with Crippen molar-refractivity contribution < 1.29 is 31.1 Å². The van der Waals surface area contributed by atoms with Crippen molar-refractivity contribution >= 4 is 31.7 Å². The van der Waals surface area contributed by atoms with E-state index in [-0.39, 0.29) is 21.4 Å². The van der Waals surface area contributed by atoms with E-state index >= 15 is 0 Å². The Labute approximate surface area is 221 Å². The fourth-order valence-electron chi connectivity index (χ4n) is 4.81. The van der Waals surface area contributed by atoms with E-state index in [1.54, 1.807) is 53.2 Å². The Morgan fingerprint density at radius 1 is 0.923 bits per heavy atom. The molecule has 5 rings (SSSR count). The van der Waals surface area contributed by atoms with Crippen LogP contribution in [0.5, 0.6) is 0 Å². The molecular weight excluding hydrogens is 534 g/mol. The zero-order valence-electron chi connectivity index (χ0n) is 20.6. The second-order valence-corrected chi connectivity index (χ2v) is 11.0. The van der Waals surface area contributed by atoms with Crippen molar-refractivity contribution in [1.82, 2.24) is 14.5 Å². The average molecular weight is 558 g/mol. The van der Waals surface area contributed by atoms with Crippen LogP contribution in [0.2, 0.25) is 0 Å². The fourth-order valence-corrected chi connectivity index (χ4v) is 5.75. The highest BCUT2D eigenvalue weighted by atomic mass is 32.2. The molecule has 1 heterocycles. The highest BCUT2D eigenvalue weighted by Crippen LogP contribution is 2.42. The molecule has 1 aromatic heterocycles. The van der Waals surface area contributed by atoms with Gasteiger partial charge in [-0.25, -0.2) is 22.2 Å². The molecule has 4 aromatic carbocycles. The number of halogens is 4. The van der Waals surface area contributed by atoms with Crippen LogP contribution in [-0.2, 0) is 15.6 Å². The lowest BCUT2D eigenvalue weighted by Gasteiger charge is -2.31. The number of aromatic nitrogens is 2. The third-order valence-electron chi connectivity index (χ3n) is 6.77. The maximum absolute atomic E-state index is 13.4. The van der Waals surface area contributed by atoms with Gasteiger partial charge in [0.05, 0.1) is 22.3 Å². The van der Waals surface area contributed by atoms with Crippen molar-refractivity contribution in [2.75, 3.05) is 7.05 Å². The summed E-state index contributed by atoms with van der Waals surface area (Å²) in [4.78, 5) is -0.0569. The molecule has 0 aliphatic rings. The predicted molar refractivity (Wildman–Crippen MR) is 140 cm³/mol.